The second kappa shape index (κ2) is 14.3. The molecule has 0 fully saturated rings. The summed E-state index contributed by atoms with van der Waals surface area (Å²) >= 11 is 0. The molecule has 15 nitrogen and oxygen atoms in total. The molecule has 47 heavy (non-hydrogen) atoms. The Kier molecular flexibility index (Phi) is 9.97. The van der Waals surface area contributed by atoms with Gasteiger partial charge in [0.05, 0.1) is 43.6 Å². The molecule has 5 rings (SSSR count). The van der Waals surface area contributed by atoms with E-state index in [2.05, 4.69) is 16.6 Å². The lowest BCUT2D eigenvalue weighted by molar-refractivity contribution is -0.0731. The number of hydrogen-bond acceptors (Lipinski definition) is 10. The number of sulfonamides is 1. The number of fused-ring (bicyclic) bond motifs is 1. The Balaban J connectivity index is 1.52. The van der Waals surface area contributed by atoms with Gasteiger partial charge in [0.2, 0.25) is 10.0 Å². The third-order valence-electron chi connectivity index (χ3n) is 7.31. The number of benzene rings is 1. The molecule has 1 aliphatic heterocycles. The maximum absolute atomic E-state index is 13.8. The maximum Gasteiger partial charge on any atom is 0.408 e. The number of carbonyl (C=O) groups excluding carboxylic acids is 2. The summed E-state index contributed by atoms with van der Waals surface area (Å²) in [6, 6.07) is 13.2. The largest absolute Gasteiger partial charge is 0.467 e. The van der Waals surface area contributed by atoms with Gasteiger partial charge in [-0.1, -0.05) is 23.6 Å². The van der Waals surface area contributed by atoms with Gasteiger partial charge in [-0.05, 0) is 43.3 Å². The van der Waals surface area contributed by atoms with E-state index in [1.54, 1.807) is 43.3 Å². The summed E-state index contributed by atoms with van der Waals surface area (Å²) in [5, 5.41) is 5.03. The monoisotopic (exact) mass is 665 g/mol. The number of nitrogens with one attached hydrogen (secondary N) is 2. The van der Waals surface area contributed by atoms with Crippen LogP contribution < -0.4 is 21.8 Å². The van der Waals surface area contributed by atoms with Crippen molar-refractivity contribution in [2.45, 2.75) is 49.7 Å². The Bertz CT molecular complexity index is 1960. The lowest BCUT2D eigenvalue weighted by atomic mass is 10.0. The van der Waals surface area contributed by atoms with Crippen molar-refractivity contribution in [2.75, 3.05) is 13.1 Å². The zero-order valence-electron chi connectivity index (χ0n) is 25.1. The molecule has 0 bridgehead atoms. The van der Waals surface area contributed by atoms with Gasteiger partial charge in [-0.3, -0.25) is 9.59 Å². The minimum absolute atomic E-state index is 0.0438. The van der Waals surface area contributed by atoms with Crippen LogP contribution in [0.3, 0.4) is 0 Å². The normalized spacial score (nSPS) is 17.3. The van der Waals surface area contributed by atoms with E-state index >= 15 is 0 Å². The van der Waals surface area contributed by atoms with Crippen LogP contribution in [0.2, 0.25) is 0 Å². The molecule has 3 aromatic heterocycles. The highest BCUT2D eigenvalue weighted by Crippen LogP contribution is 2.28. The molecular weight excluding hydrogens is 634 g/mol. The molecule has 2 N–H and O–H groups in total. The molecule has 4 aromatic rings. The van der Waals surface area contributed by atoms with Crippen molar-refractivity contribution in [3.05, 3.63) is 111 Å². The van der Waals surface area contributed by atoms with Gasteiger partial charge >= 0.3 is 12.2 Å². The molecule has 1 aromatic carbocycles. The van der Waals surface area contributed by atoms with Gasteiger partial charge in [-0.2, -0.15) is 4.31 Å². The fourth-order valence-electron chi connectivity index (χ4n) is 5.06. The van der Waals surface area contributed by atoms with Gasteiger partial charge in [0.25, 0.3) is 11.1 Å². The number of furan rings is 2. The number of amides is 2. The Morgan fingerprint density at radius 3 is 2.11 bits per heavy atom. The zero-order valence-corrected chi connectivity index (χ0v) is 25.9. The van der Waals surface area contributed by atoms with Gasteiger partial charge in [0.1, 0.15) is 17.6 Å². The molecule has 0 unspecified atom stereocenters. The Morgan fingerprint density at radius 1 is 0.936 bits per heavy atom. The van der Waals surface area contributed by atoms with Crippen molar-refractivity contribution >= 4 is 22.2 Å². The SMILES string of the molecule is C#CCN(C[C@@H]1[C@@H](OC(=O)NCc2ccco2)[C@@H](OC(=O)NCc2ccco2)Cn2c(=O)ccc(=O)n21)S(=O)(=O)c1ccc(C)cc1. The molecule has 3 atom stereocenters. The minimum atomic E-state index is -4.28. The lowest BCUT2D eigenvalue weighted by Crippen LogP contribution is -2.59. The highest BCUT2D eigenvalue weighted by atomic mass is 32.2. The fraction of sp³-hybridized carbons (Fsp3) is 0.290. The first-order valence-corrected chi connectivity index (χ1v) is 15.8. The Morgan fingerprint density at radius 2 is 1.53 bits per heavy atom. The highest BCUT2D eigenvalue weighted by Gasteiger charge is 2.45. The predicted octanol–water partition coefficient (Wildman–Crippen LogP) is 1.97. The summed E-state index contributed by atoms with van der Waals surface area (Å²) < 4.78 is 52.5. The van der Waals surface area contributed by atoms with Crippen LogP contribution in [0.1, 0.15) is 23.1 Å². The standard InChI is InChI=1S/C31H31N5O10S/c1-3-14-34(47(41,42)24-10-8-21(2)9-11-24)19-25-29(46-31(40)33-18-23-7-5-16-44-23)26(20-35-27(37)12-13-28(38)36(25)35)45-30(39)32-17-22-6-4-15-43-22/h1,4-13,15-16,25-26,29H,14,17-20H2,2H3,(H,32,39)(H,33,40)/t25-,26+,29-/m1/s1. The number of aryl methyl sites for hydroxylation is 1. The second-order valence-corrected chi connectivity index (χ2v) is 12.4. The van der Waals surface area contributed by atoms with E-state index < -0.39 is 71.2 Å². The van der Waals surface area contributed by atoms with Gasteiger partial charge in [0.15, 0.2) is 12.2 Å². The van der Waals surface area contributed by atoms with E-state index in [1.807, 2.05) is 0 Å². The number of rotatable bonds is 11. The average Bonchev–Trinajstić information content (AvgIpc) is 3.77. The molecular formula is C31H31N5O10S. The van der Waals surface area contributed by atoms with E-state index in [0.29, 0.717) is 11.5 Å². The molecule has 0 aliphatic carbocycles. The van der Waals surface area contributed by atoms with E-state index in [9.17, 15) is 27.6 Å². The first kappa shape index (κ1) is 32.9. The Labute approximate surface area is 268 Å². The van der Waals surface area contributed by atoms with E-state index in [1.165, 1.54) is 24.7 Å². The van der Waals surface area contributed by atoms with Crippen LogP contribution in [0, 0.1) is 19.3 Å². The average molecular weight is 666 g/mol. The predicted molar refractivity (Wildman–Crippen MR) is 164 cm³/mol. The smallest absolute Gasteiger partial charge is 0.408 e. The van der Waals surface area contributed by atoms with Crippen molar-refractivity contribution in [3.8, 4) is 12.3 Å². The van der Waals surface area contributed by atoms with Gasteiger partial charge in [0, 0.05) is 18.7 Å². The topological polar surface area (TPSA) is 184 Å². The summed E-state index contributed by atoms with van der Waals surface area (Å²) in [7, 11) is -4.28. The number of carbonyl (C=O) groups is 2. The molecule has 0 spiro atoms. The fourth-order valence-corrected chi connectivity index (χ4v) is 6.43. The van der Waals surface area contributed by atoms with Gasteiger partial charge in [-0.15, -0.1) is 6.42 Å². The molecule has 0 saturated heterocycles. The van der Waals surface area contributed by atoms with Crippen LogP contribution in [0.4, 0.5) is 9.59 Å². The summed E-state index contributed by atoms with van der Waals surface area (Å²) in [4.78, 5) is 52.3. The first-order valence-electron chi connectivity index (χ1n) is 14.3. The van der Waals surface area contributed by atoms with Crippen LogP contribution in [-0.4, -0.2) is 59.6 Å². The van der Waals surface area contributed by atoms with Crippen LogP contribution in [0.25, 0.3) is 0 Å². The quantitative estimate of drug-likeness (QED) is 0.225. The maximum atomic E-state index is 13.8. The summed E-state index contributed by atoms with van der Waals surface area (Å²) in [5.41, 5.74) is -0.531. The van der Waals surface area contributed by atoms with Crippen LogP contribution in [0.15, 0.2) is 96.5 Å². The molecule has 0 radical (unpaired) electrons. The summed E-state index contributed by atoms with van der Waals surface area (Å²) in [6.45, 7) is 0.286. The van der Waals surface area contributed by atoms with Crippen LogP contribution >= 0.6 is 0 Å². The summed E-state index contributed by atoms with van der Waals surface area (Å²) in [5.74, 6) is 3.15. The van der Waals surface area contributed by atoms with Crippen molar-refractivity contribution in [1.82, 2.24) is 24.3 Å². The van der Waals surface area contributed by atoms with Crippen LogP contribution in [-0.2, 0) is 39.1 Å². The summed E-state index contributed by atoms with van der Waals surface area (Å²) in [6.07, 6.45) is 3.60. The van der Waals surface area contributed by atoms with E-state index in [-0.39, 0.29) is 18.0 Å². The molecule has 4 heterocycles. The number of terminal acetylenes is 1. The third kappa shape index (κ3) is 7.65. The van der Waals surface area contributed by atoms with Crippen molar-refractivity contribution in [2.24, 2.45) is 0 Å². The molecule has 16 heteroatoms. The number of hydrogen-bond donors (Lipinski definition) is 2. The molecule has 2 amide bonds. The molecule has 0 saturated carbocycles. The number of aromatic nitrogens is 2. The van der Waals surface area contributed by atoms with E-state index in [0.717, 1.165) is 31.4 Å². The van der Waals surface area contributed by atoms with Crippen molar-refractivity contribution < 1.29 is 36.3 Å². The molecule has 1 aliphatic rings. The minimum Gasteiger partial charge on any atom is -0.467 e. The van der Waals surface area contributed by atoms with Crippen molar-refractivity contribution in [3.63, 3.8) is 0 Å². The number of nitrogens with zero attached hydrogens (tertiary/aromatic N) is 3. The first-order chi connectivity index (χ1) is 22.6. The van der Waals surface area contributed by atoms with Crippen molar-refractivity contribution in [1.29, 1.82) is 0 Å². The number of ether oxygens (including phenoxy) is 2. The van der Waals surface area contributed by atoms with Gasteiger partial charge < -0.3 is 28.9 Å². The zero-order chi connectivity index (χ0) is 33.6. The van der Waals surface area contributed by atoms with Crippen LogP contribution in [0.5, 0.6) is 0 Å². The molecule has 246 valence electrons. The Hall–Kier alpha value is -5.53. The van der Waals surface area contributed by atoms with E-state index in [4.69, 9.17) is 24.7 Å². The lowest BCUT2D eigenvalue weighted by Gasteiger charge is -2.40. The highest BCUT2D eigenvalue weighted by molar-refractivity contribution is 7.89. The van der Waals surface area contributed by atoms with Gasteiger partial charge in [-0.25, -0.2) is 27.4 Å². The third-order valence-corrected chi connectivity index (χ3v) is 9.14. The second-order valence-electron chi connectivity index (χ2n) is 10.5. The number of alkyl carbamates (subject to hydrolysis) is 2.